The highest BCUT2D eigenvalue weighted by molar-refractivity contribution is 7.89. The lowest BCUT2D eigenvalue weighted by Gasteiger charge is -2.23. The van der Waals surface area contributed by atoms with Crippen molar-refractivity contribution in [2.75, 3.05) is 33.7 Å². The smallest absolute Gasteiger partial charge is 0.265 e. The zero-order valence-electron chi connectivity index (χ0n) is 15.4. The van der Waals surface area contributed by atoms with Crippen LogP contribution in [0.1, 0.15) is 16.1 Å². The van der Waals surface area contributed by atoms with Gasteiger partial charge in [0.25, 0.3) is 5.91 Å². The Morgan fingerprint density at radius 2 is 1.77 bits per heavy atom. The molecule has 142 valence electrons. The maximum Gasteiger partial charge on any atom is 0.265 e. The van der Waals surface area contributed by atoms with Crippen LogP contribution in [0.3, 0.4) is 0 Å². The fourth-order valence-corrected chi connectivity index (χ4v) is 4.14. The van der Waals surface area contributed by atoms with E-state index in [1.807, 2.05) is 49.3 Å². The summed E-state index contributed by atoms with van der Waals surface area (Å²) in [6.07, 6.45) is 2.05. The molecule has 0 unspecified atom stereocenters. The second-order valence-electron chi connectivity index (χ2n) is 6.48. The number of primary amides is 1. The molecule has 0 aliphatic carbocycles. The first-order valence-corrected chi connectivity index (χ1v) is 9.81. The summed E-state index contributed by atoms with van der Waals surface area (Å²) in [5, 5.41) is 0. The Balaban J connectivity index is 2.26. The van der Waals surface area contributed by atoms with Gasteiger partial charge in [-0.1, -0.05) is 30.3 Å². The molecule has 2 rings (SSSR count). The monoisotopic (exact) mass is 378 g/mol. The molecule has 1 heterocycles. The van der Waals surface area contributed by atoms with E-state index in [1.54, 1.807) is 7.05 Å². The van der Waals surface area contributed by atoms with Crippen molar-refractivity contribution in [2.45, 2.75) is 11.3 Å². The van der Waals surface area contributed by atoms with E-state index >= 15 is 0 Å². The van der Waals surface area contributed by atoms with Crippen molar-refractivity contribution in [3.63, 3.8) is 0 Å². The molecule has 0 aliphatic heterocycles. The number of sulfonamides is 1. The topological polar surface area (TPSA) is 88.6 Å². The summed E-state index contributed by atoms with van der Waals surface area (Å²) in [7, 11) is 1.68. The molecule has 0 atom stereocenters. The minimum absolute atomic E-state index is 0.0839. The number of carbonyl (C=O) groups excluding carboxylic acids is 1. The van der Waals surface area contributed by atoms with Crippen molar-refractivity contribution in [3.8, 4) is 0 Å². The number of nitrogens with zero attached hydrogens (tertiary/aromatic N) is 3. The van der Waals surface area contributed by atoms with Crippen molar-refractivity contribution >= 4 is 15.9 Å². The minimum atomic E-state index is -3.72. The van der Waals surface area contributed by atoms with Crippen LogP contribution >= 0.6 is 0 Å². The zero-order chi connectivity index (χ0) is 19.3. The number of amides is 1. The fourth-order valence-electron chi connectivity index (χ4n) is 2.63. The summed E-state index contributed by atoms with van der Waals surface area (Å²) >= 11 is 0. The largest absolute Gasteiger partial charge is 0.364 e. The Hall–Kier alpha value is -2.16. The van der Waals surface area contributed by atoms with Gasteiger partial charge in [-0.2, -0.15) is 4.31 Å². The van der Waals surface area contributed by atoms with Gasteiger partial charge in [-0.25, -0.2) is 8.42 Å². The quantitative estimate of drug-likeness (QED) is 0.703. The number of likely N-dealkylation sites (N-methyl/N-ethyl adjacent to an activating group) is 1. The van der Waals surface area contributed by atoms with Crippen LogP contribution in [0.25, 0.3) is 0 Å². The molecule has 0 bridgehead atoms. The van der Waals surface area contributed by atoms with Crippen molar-refractivity contribution in [1.82, 2.24) is 13.8 Å². The molecule has 1 aromatic carbocycles. The maximum absolute atomic E-state index is 13.1. The Kier molecular flexibility index (Phi) is 6.57. The molecule has 2 N–H and O–H groups in total. The number of aromatic nitrogens is 1. The molecular weight excluding hydrogens is 352 g/mol. The SMILES string of the molecule is CN(C)CCN(CCc1ccccc1)S(=O)(=O)c1cc(C(N)=O)n(C)c1. The molecule has 7 nitrogen and oxygen atoms in total. The van der Waals surface area contributed by atoms with Gasteiger partial charge in [0.1, 0.15) is 10.6 Å². The third-order valence-electron chi connectivity index (χ3n) is 4.16. The summed E-state index contributed by atoms with van der Waals surface area (Å²) < 4.78 is 29.1. The van der Waals surface area contributed by atoms with Crippen molar-refractivity contribution < 1.29 is 13.2 Å². The van der Waals surface area contributed by atoms with Crippen LogP contribution in [-0.4, -0.2) is 61.8 Å². The minimum Gasteiger partial charge on any atom is -0.364 e. The van der Waals surface area contributed by atoms with Gasteiger partial charge in [0, 0.05) is 32.9 Å². The molecule has 26 heavy (non-hydrogen) atoms. The Bertz CT molecular complexity index is 845. The van der Waals surface area contributed by atoms with E-state index in [0.717, 1.165) is 5.56 Å². The van der Waals surface area contributed by atoms with E-state index in [9.17, 15) is 13.2 Å². The lowest BCUT2D eigenvalue weighted by molar-refractivity contribution is 0.0992. The zero-order valence-corrected chi connectivity index (χ0v) is 16.2. The molecule has 1 aromatic heterocycles. The highest BCUT2D eigenvalue weighted by Crippen LogP contribution is 2.19. The van der Waals surface area contributed by atoms with Crippen LogP contribution in [-0.2, 0) is 23.5 Å². The highest BCUT2D eigenvalue weighted by Gasteiger charge is 2.27. The van der Waals surface area contributed by atoms with Crippen LogP contribution in [0.5, 0.6) is 0 Å². The van der Waals surface area contributed by atoms with E-state index in [4.69, 9.17) is 5.73 Å². The average Bonchev–Trinajstić information content (AvgIpc) is 2.98. The van der Waals surface area contributed by atoms with Crippen molar-refractivity contribution in [2.24, 2.45) is 12.8 Å². The first-order chi connectivity index (χ1) is 12.2. The summed E-state index contributed by atoms with van der Waals surface area (Å²) in [4.78, 5) is 13.5. The third kappa shape index (κ3) is 4.94. The first kappa shape index (κ1) is 20.2. The Morgan fingerprint density at radius 1 is 1.12 bits per heavy atom. The van der Waals surface area contributed by atoms with Crippen molar-refractivity contribution in [1.29, 1.82) is 0 Å². The van der Waals surface area contributed by atoms with E-state index in [-0.39, 0.29) is 10.6 Å². The molecule has 2 aromatic rings. The summed E-state index contributed by atoms with van der Waals surface area (Å²) in [5.41, 5.74) is 6.54. The van der Waals surface area contributed by atoms with E-state index < -0.39 is 15.9 Å². The fraction of sp³-hybridized carbons (Fsp3) is 0.389. The Morgan fingerprint density at radius 3 is 2.31 bits per heavy atom. The van der Waals surface area contributed by atoms with Gasteiger partial charge in [-0.15, -0.1) is 0 Å². The summed E-state index contributed by atoms with van der Waals surface area (Å²) in [6.45, 7) is 1.33. The predicted octanol–water partition coefficient (Wildman–Crippen LogP) is 0.919. The molecule has 0 saturated heterocycles. The van der Waals surface area contributed by atoms with Gasteiger partial charge in [-0.3, -0.25) is 4.79 Å². The molecular formula is C18H26N4O3S. The normalized spacial score (nSPS) is 12.0. The summed E-state index contributed by atoms with van der Waals surface area (Å²) in [6, 6.07) is 11.1. The van der Waals surface area contributed by atoms with E-state index in [1.165, 1.54) is 21.1 Å². The number of aryl methyl sites for hydroxylation is 1. The predicted molar refractivity (Wildman–Crippen MR) is 101 cm³/mol. The molecule has 0 aliphatic rings. The van der Waals surface area contributed by atoms with E-state index in [2.05, 4.69) is 0 Å². The average molecular weight is 378 g/mol. The number of hydrogen-bond donors (Lipinski definition) is 1. The third-order valence-corrected chi connectivity index (χ3v) is 6.02. The highest BCUT2D eigenvalue weighted by atomic mass is 32.2. The number of hydrogen-bond acceptors (Lipinski definition) is 4. The number of benzene rings is 1. The van der Waals surface area contributed by atoms with Gasteiger partial charge in [-0.05, 0) is 32.1 Å². The molecule has 0 fully saturated rings. The lowest BCUT2D eigenvalue weighted by atomic mass is 10.1. The molecule has 0 saturated carbocycles. The molecule has 1 amide bonds. The number of rotatable bonds is 9. The Labute approximate surface area is 155 Å². The standard InChI is InChI=1S/C18H26N4O3S/c1-20(2)11-12-22(10-9-15-7-5-4-6-8-15)26(24,25)16-13-17(18(19)23)21(3)14-16/h4-8,13-14H,9-12H2,1-3H3,(H2,19,23). The van der Waals surface area contributed by atoms with Crippen molar-refractivity contribution in [3.05, 3.63) is 53.9 Å². The van der Waals surface area contributed by atoms with Crippen LogP contribution < -0.4 is 5.73 Å². The maximum atomic E-state index is 13.1. The van der Waals surface area contributed by atoms with Gasteiger partial charge in [0.2, 0.25) is 10.0 Å². The second-order valence-corrected chi connectivity index (χ2v) is 8.42. The van der Waals surface area contributed by atoms with Gasteiger partial charge < -0.3 is 15.2 Å². The first-order valence-electron chi connectivity index (χ1n) is 8.37. The van der Waals surface area contributed by atoms with Crippen LogP contribution in [0.2, 0.25) is 0 Å². The molecule has 0 spiro atoms. The second kappa shape index (κ2) is 8.48. The van der Waals surface area contributed by atoms with Gasteiger partial charge >= 0.3 is 0 Å². The summed E-state index contributed by atoms with van der Waals surface area (Å²) in [5.74, 6) is -0.655. The van der Waals surface area contributed by atoms with E-state index in [0.29, 0.717) is 26.1 Å². The number of carbonyl (C=O) groups is 1. The molecule has 8 heteroatoms. The lowest BCUT2D eigenvalue weighted by Crippen LogP contribution is -2.38. The van der Waals surface area contributed by atoms with Gasteiger partial charge in [0.05, 0.1) is 0 Å². The number of nitrogens with two attached hydrogens (primary N) is 1. The van der Waals surface area contributed by atoms with Crippen LogP contribution in [0.4, 0.5) is 0 Å². The van der Waals surface area contributed by atoms with Crippen LogP contribution in [0.15, 0.2) is 47.5 Å². The van der Waals surface area contributed by atoms with Gasteiger partial charge in [0.15, 0.2) is 0 Å². The van der Waals surface area contributed by atoms with Crippen LogP contribution in [0, 0.1) is 0 Å². The molecule has 0 radical (unpaired) electrons.